The smallest absolute Gasteiger partial charge is 0.169 e. The largest absolute Gasteiger partial charge is 0.370 e. The van der Waals surface area contributed by atoms with Crippen LogP contribution in [0.2, 0.25) is 0 Å². The van der Waals surface area contributed by atoms with Gasteiger partial charge in [-0.3, -0.25) is 4.79 Å². The highest BCUT2D eigenvalue weighted by atomic mass is 16.5. The number of ketones is 1. The van der Waals surface area contributed by atoms with Crippen LogP contribution in [-0.4, -0.2) is 18.5 Å². The molecule has 0 heterocycles. The molecule has 1 aromatic carbocycles. The van der Waals surface area contributed by atoms with E-state index >= 15 is 0 Å². The van der Waals surface area contributed by atoms with Gasteiger partial charge in [-0.1, -0.05) is 37.3 Å². The Morgan fingerprint density at radius 3 is 2.19 bits per heavy atom. The molecule has 2 heteroatoms. The summed E-state index contributed by atoms with van der Waals surface area (Å²) in [6.07, 6.45) is 0. The lowest BCUT2D eigenvalue weighted by atomic mass is 9.80. The minimum Gasteiger partial charge on any atom is -0.370 e. The van der Waals surface area contributed by atoms with Gasteiger partial charge >= 0.3 is 0 Å². The summed E-state index contributed by atoms with van der Waals surface area (Å²) in [5.74, 6) is -0.0412. The summed E-state index contributed by atoms with van der Waals surface area (Å²) in [5.41, 5.74) is 5.00. The van der Waals surface area contributed by atoms with E-state index in [-0.39, 0.29) is 11.7 Å². The zero-order chi connectivity index (χ0) is 15.8. The molecular formula is C19H24O2. The molecule has 0 bridgehead atoms. The third-order valence-electron chi connectivity index (χ3n) is 5.05. The molecule has 0 radical (unpaired) electrons. The molecule has 0 spiro atoms. The fourth-order valence-electron chi connectivity index (χ4n) is 3.39. The fourth-order valence-corrected chi connectivity index (χ4v) is 3.39. The maximum absolute atomic E-state index is 12.8. The molecule has 0 saturated heterocycles. The molecule has 0 aromatic heterocycles. The highest BCUT2D eigenvalue weighted by molar-refractivity contribution is 6.00. The van der Waals surface area contributed by atoms with Gasteiger partial charge in [0, 0.05) is 18.6 Å². The highest BCUT2D eigenvalue weighted by Gasteiger charge is 2.42. The van der Waals surface area contributed by atoms with Gasteiger partial charge in [0.25, 0.3) is 0 Å². The first-order valence-electron chi connectivity index (χ1n) is 7.38. The predicted octanol–water partition coefficient (Wildman–Crippen LogP) is 4.58. The van der Waals surface area contributed by atoms with Crippen molar-refractivity contribution in [3.63, 3.8) is 0 Å². The van der Waals surface area contributed by atoms with Crippen LogP contribution in [0.1, 0.15) is 45.0 Å². The number of benzene rings is 1. The molecule has 0 fully saturated rings. The number of methoxy groups -OCH3 is 1. The molecule has 1 aliphatic carbocycles. The van der Waals surface area contributed by atoms with Crippen LogP contribution in [0.25, 0.3) is 0 Å². The number of Topliss-reactive ketones (excluding diaryl/α,β-unsaturated/α-hetero) is 1. The Kier molecular flexibility index (Phi) is 4.20. The zero-order valence-electron chi connectivity index (χ0n) is 13.8. The van der Waals surface area contributed by atoms with Gasteiger partial charge in [-0.15, -0.1) is 0 Å². The van der Waals surface area contributed by atoms with Crippen LogP contribution < -0.4 is 0 Å². The van der Waals surface area contributed by atoms with Crippen LogP contribution in [0, 0.1) is 5.92 Å². The van der Waals surface area contributed by atoms with E-state index in [9.17, 15) is 4.79 Å². The quantitative estimate of drug-likeness (QED) is 0.757. The van der Waals surface area contributed by atoms with E-state index < -0.39 is 5.60 Å². The maximum Gasteiger partial charge on any atom is 0.169 e. The minimum atomic E-state index is -0.474. The summed E-state index contributed by atoms with van der Waals surface area (Å²) in [7, 11) is 1.72. The van der Waals surface area contributed by atoms with Crippen LogP contribution in [0.4, 0.5) is 0 Å². The normalized spacial score (nSPS) is 23.7. The van der Waals surface area contributed by atoms with E-state index in [1.54, 1.807) is 7.11 Å². The van der Waals surface area contributed by atoms with E-state index in [1.165, 1.54) is 16.7 Å². The average Bonchev–Trinajstić information content (AvgIpc) is 2.68. The molecule has 1 aliphatic rings. The molecule has 0 saturated carbocycles. The van der Waals surface area contributed by atoms with Crippen molar-refractivity contribution in [2.45, 2.75) is 40.2 Å². The number of hydrogen-bond acceptors (Lipinski definition) is 2. The average molecular weight is 284 g/mol. The second-order valence-electron chi connectivity index (χ2n) is 5.98. The molecule has 112 valence electrons. The van der Waals surface area contributed by atoms with E-state index in [2.05, 4.69) is 27.7 Å². The van der Waals surface area contributed by atoms with Gasteiger partial charge in [0.15, 0.2) is 5.78 Å². The second kappa shape index (κ2) is 5.61. The summed E-state index contributed by atoms with van der Waals surface area (Å²) in [5, 5.41) is 0. The lowest BCUT2D eigenvalue weighted by molar-refractivity contribution is 0.0604. The minimum absolute atomic E-state index is 0.149. The standard InChI is InChI=1S/C19H24O2/c1-12-13(2)17(19(5,21-6)15(12)4)14(3)18(20)16-10-8-7-9-11-16/h7-11,14H,1-6H3. The molecule has 0 amide bonds. The van der Waals surface area contributed by atoms with Crippen LogP contribution in [0.3, 0.4) is 0 Å². The van der Waals surface area contributed by atoms with Crippen molar-refractivity contribution in [1.82, 2.24) is 0 Å². The number of carbonyl (C=O) groups excluding carboxylic acids is 1. The lowest BCUT2D eigenvalue weighted by Crippen LogP contribution is -2.34. The lowest BCUT2D eigenvalue weighted by Gasteiger charge is -2.32. The Bertz CT molecular complexity index is 622. The van der Waals surface area contributed by atoms with E-state index in [1.807, 2.05) is 37.3 Å². The van der Waals surface area contributed by atoms with E-state index in [4.69, 9.17) is 4.74 Å². The summed E-state index contributed by atoms with van der Waals surface area (Å²) in [6.45, 7) is 10.3. The summed E-state index contributed by atoms with van der Waals surface area (Å²) < 4.78 is 5.80. The third-order valence-corrected chi connectivity index (χ3v) is 5.05. The van der Waals surface area contributed by atoms with Gasteiger partial charge in [-0.2, -0.15) is 0 Å². The number of rotatable bonds is 4. The summed E-state index contributed by atoms with van der Waals surface area (Å²) in [6, 6.07) is 9.48. The van der Waals surface area contributed by atoms with Crippen molar-refractivity contribution >= 4 is 5.78 Å². The van der Waals surface area contributed by atoms with Crippen LogP contribution >= 0.6 is 0 Å². The Hall–Kier alpha value is -1.67. The van der Waals surface area contributed by atoms with Gasteiger partial charge in [0.05, 0.1) is 0 Å². The topological polar surface area (TPSA) is 26.3 Å². The predicted molar refractivity (Wildman–Crippen MR) is 86.4 cm³/mol. The highest BCUT2D eigenvalue weighted by Crippen LogP contribution is 2.46. The first-order valence-corrected chi connectivity index (χ1v) is 7.38. The van der Waals surface area contributed by atoms with E-state index in [0.29, 0.717) is 0 Å². The van der Waals surface area contributed by atoms with Gasteiger partial charge in [-0.05, 0) is 50.0 Å². The number of ether oxygens (including phenoxy) is 1. The SMILES string of the molecule is COC1(C)C(C)=C(C)C(C)=C1C(C)C(=O)c1ccccc1. The molecule has 2 nitrogen and oxygen atoms in total. The monoisotopic (exact) mass is 284 g/mol. The Balaban J connectivity index is 2.44. The number of carbonyl (C=O) groups is 1. The van der Waals surface area contributed by atoms with Crippen LogP contribution in [-0.2, 0) is 4.74 Å². The molecule has 2 rings (SSSR count). The van der Waals surface area contributed by atoms with Gasteiger partial charge in [0.2, 0.25) is 0 Å². The maximum atomic E-state index is 12.8. The summed E-state index contributed by atoms with van der Waals surface area (Å²) >= 11 is 0. The van der Waals surface area contributed by atoms with E-state index in [0.717, 1.165) is 11.1 Å². The number of allylic oxidation sites excluding steroid dienone is 2. The van der Waals surface area contributed by atoms with Crippen LogP contribution in [0.15, 0.2) is 52.6 Å². The zero-order valence-corrected chi connectivity index (χ0v) is 13.8. The Morgan fingerprint density at radius 2 is 1.67 bits per heavy atom. The Morgan fingerprint density at radius 1 is 1.10 bits per heavy atom. The first kappa shape index (κ1) is 15.7. The van der Waals surface area contributed by atoms with Crippen molar-refractivity contribution in [1.29, 1.82) is 0 Å². The fraction of sp³-hybridized carbons (Fsp3) is 0.421. The van der Waals surface area contributed by atoms with Crippen molar-refractivity contribution in [3.05, 3.63) is 58.2 Å². The van der Waals surface area contributed by atoms with Gasteiger partial charge in [-0.25, -0.2) is 0 Å². The molecule has 2 unspecified atom stereocenters. The van der Waals surface area contributed by atoms with Gasteiger partial charge in [0.1, 0.15) is 5.60 Å². The second-order valence-corrected chi connectivity index (χ2v) is 5.98. The molecule has 2 atom stereocenters. The van der Waals surface area contributed by atoms with Crippen molar-refractivity contribution in [2.75, 3.05) is 7.11 Å². The summed E-state index contributed by atoms with van der Waals surface area (Å²) in [4.78, 5) is 12.8. The number of hydrogen-bond donors (Lipinski definition) is 0. The van der Waals surface area contributed by atoms with Crippen LogP contribution in [0.5, 0.6) is 0 Å². The van der Waals surface area contributed by atoms with Crippen molar-refractivity contribution < 1.29 is 9.53 Å². The Labute approximate surface area is 127 Å². The first-order chi connectivity index (χ1) is 9.84. The molecule has 0 N–H and O–H groups in total. The van der Waals surface area contributed by atoms with Crippen molar-refractivity contribution in [3.8, 4) is 0 Å². The van der Waals surface area contributed by atoms with Crippen molar-refractivity contribution in [2.24, 2.45) is 5.92 Å². The molecule has 21 heavy (non-hydrogen) atoms. The molecule has 0 aliphatic heterocycles. The third kappa shape index (κ3) is 2.38. The van der Waals surface area contributed by atoms with Gasteiger partial charge < -0.3 is 4.74 Å². The molecular weight excluding hydrogens is 260 g/mol. The molecule has 1 aromatic rings.